The van der Waals surface area contributed by atoms with Crippen LogP contribution in [-0.4, -0.2) is 61.0 Å². The highest BCUT2D eigenvalue weighted by atomic mass is 16.5. The maximum Gasteiger partial charge on any atom is 0.262 e. The number of rotatable bonds is 5. The molecule has 11 nitrogen and oxygen atoms in total. The van der Waals surface area contributed by atoms with E-state index in [0.717, 1.165) is 47.8 Å². The summed E-state index contributed by atoms with van der Waals surface area (Å²) in [5.74, 6) is 0.245. The van der Waals surface area contributed by atoms with Crippen LogP contribution in [0.3, 0.4) is 0 Å². The van der Waals surface area contributed by atoms with Gasteiger partial charge in [-0.25, -0.2) is 9.97 Å². The van der Waals surface area contributed by atoms with Gasteiger partial charge in [-0.1, -0.05) is 23.4 Å². The Bertz CT molecular complexity index is 1410. The van der Waals surface area contributed by atoms with Gasteiger partial charge in [0.15, 0.2) is 5.76 Å². The van der Waals surface area contributed by atoms with Crippen molar-refractivity contribution in [1.82, 2.24) is 35.1 Å². The third-order valence-corrected chi connectivity index (χ3v) is 6.52. The molecule has 1 amide bonds. The van der Waals surface area contributed by atoms with Crippen molar-refractivity contribution in [2.45, 2.75) is 25.1 Å². The van der Waals surface area contributed by atoms with Crippen molar-refractivity contribution in [2.75, 3.05) is 25.5 Å². The zero-order valence-corrected chi connectivity index (χ0v) is 19.1. The second-order valence-corrected chi connectivity index (χ2v) is 8.79. The minimum absolute atomic E-state index is 0.153. The monoisotopic (exact) mass is 472 g/mol. The van der Waals surface area contributed by atoms with Gasteiger partial charge in [-0.3, -0.25) is 9.48 Å². The summed E-state index contributed by atoms with van der Waals surface area (Å²) in [6, 6.07) is 11.1. The molecular weight excluding hydrogens is 448 g/mol. The van der Waals surface area contributed by atoms with Gasteiger partial charge in [-0.2, -0.15) is 5.10 Å². The van der Waals surface area contributed by atoms with Gasteiger partial charge >= 0.3 is 0 Å². The number of anilines is 2. The van der Waals surface area contributed by atoms with Gasteiger partial charge in [0.05, 0.1) is 29.8 Å². The molecule has 1 atom stereocenters. The van der Waals surface area contributed by atoms with Gasteiger partial charge in [0.25, 0.3) is 5.91 Å². The van der Waals surface area contributed by atoms with Crippen molar-refractivity contribution in [2.24, 2.45) is 0 Å². The summed E-state index contributed by atoms with van der Waals surface area (Å²) in [5.41, 5.74) is 3.19. The van der Waals surface area contributed by atoms with Gasteiger partial charge in [0.1, 0.15) is 5.69 Å². The van der Waals surface area contributed by atoms with Crippen LogP contribution >= 0.6 is 0 Å². The van der Waals surface area contributed by atoms with Gasteiger partial charge in [-0.05, 0) is 12.1 Å². The van der Waals surface area contributed by atoms with Crippen LogP contribution in [0.15, 0.2) is 53.3 Å². The quantitative estimate of drug-likeness (QED) is 0.398. The highest BCUT2D eigenvalue weighted by molar-refractivity contribution is 5.87. The van der Waals surface area contributed by atoms with Crippen LogP contribution in [0, 0.1) is 0 Å². The molecule has 3 N–H and O–H groups in total. The predicted molar refractivity (Wildman–Crippen MR) is 126 cm³/mol. The average molecular weight is 473 g/mol. The van der Waals surface area contributed by atoms with E-state index < -0.39 is 5.60 Å². The van der Waals surface area contributed by atoms with E-state index in [1.165, 1.54) is 4.90 Å². The fourth-order valence-electron chi connectivity index (χ4n) is 4.51. The van der Waals surface area contributed by atoms with Crippen LogP contribution in [0.25, 0.3) is 22.5 Å². The second-order valence-electron chi connectivity index (χ2n) is 8.79. The van der Waals surface area contributed by atoms with Gasteiger partial charge in [0.2, 0.25) is 11.5 Å². The Hall–Kier alpha value is -4.09. The molecular formula is C24H24N8O3. The van der Waals surface area contributed by atoms with Gasteiger partial charge in [0, 0.05) is 56.5 Å². The number of fused-ring (bicyclic) bond motifs is 1. The summed E-state index contributed by atoms with van der Waals surface area (Å²) >= 11 is 0. The molecule has 1 unspecified atom stereocenters. The zero-order chi connectivity index (χ0) is 24.0. The topological polar surface area (TPSA) is 134 Å². The van der Waals surface area contributed by atoms with E-state index in [2.05, 4.69) is 30.9 Å². The number of carbonyl (C=O) groups excluding carboxylic acids is 1. The van der Waals surface area contributed by atoms with Crippen LogP contribution in [0.5, 0.6) is 0 Å². The summed E-state index contributed by atoms with van der Waals surface area (Å²) in [7, 11) is 1.66. The summed E-state index contributed by atoms with van der Waals surface area (Å²) in [6.45, 7) is 2.93. The van der Waals surface area contributed by atoms with E-state index in [1.807, 2.05) is 35.0 Å². The smallest absolute Gasteiger partial charge is 0.262 e. The molecule has 11 heteroatoms. The molecule has 0 saturated carbocycles. The summed E-state index contributed by atoms with van der Waals surface area (Å²) < 4.78 is 7.38. The van der Waals surface area contributed by atoms with Crippen molar-refractivity contribution in [3.63, 3.8) is 0 Å². The molecule has 1 saturated heterocycles. The first-order valence-electron chi connectivity index (χ1n) is 11.4. The van der Waals surface area contributed by atoms with Crippen molar-refractivity contribution < 1.29 is 14.4 Å². The summed E-state index contributed by atoms with van der Waals surface area (Å²) in [6.07, 6.45) is 3.77. The van der Waals surface area contributed by atoms with Crippen LogP contribution in [0.2, 0.25) is 0 Å². The minimum Gasteiger partial charge on any atom is -0.373 e. The van der Waals surface area contributed by atoms with Crippen molar-refractivity contribution >= 4 is 17.5 Å². The Morgan fingerprint density at radius 3 is 2.86 bits per heavy atom. The molecule has 178 valence electrons. The number of hydrogen-bond donors (Lipinski definition) is 3. The third-order valence-electron chi connectivity index (χ3n) is 6.52. The lowest BCUT2D eigenvalue weighted by Gasteiger charge is -2.16. The molecule has 6 rings (SSSR count). The van der Waals surface area contributed by atoms with Crippen molar-refractivity contribution in [3.8, 4) is 22.5 Å². The first-order valence-corrected chi connectivity index (χ1v) is 11.4. The molecule has 5 heterocycles. The number of benzene rings is 1. The lowest BCUT2D eigenvalue weighted by molar-refractivity contribution is -0.144. The first kappa shape index (κ1) is 21.4. The van der Waals surface area contributed by atoms with Crippen LogP contribution in [0.1, 0.15) is 17.9 Å². The lowest BCUT2D eigenvalue weighted by Crippen LogP contribution is -2.35. The third kappa shape index (κ3) is 3.74. The fourth-order valence-corrected chi connectivity index (χ4v) is 4.51. The average Bonchev–Trinajstić information content (AvgIpc) is 3.61. The molecule has 1 aromatic carbocycles. The summed E-state index contributed by atoms with van der Waals surface area (Å²) in [5, 5.41) is 26.0. The highest BCUT2D eigenvalue weighted by Gasteiger charge is 2.48. The Morgan fingerprint density at radius 2 is 2.03 bits per heavy atom. The Balaban J connectivity index is 1.26. The number of likely N-dealkylation sites (N-methyl/N-ethyl adjacent to an activating group) is 1. The molecule has 35 heavy (non-hydrogen) atoms. The van der Waals surface area contributed by atoms with Crippen molar-refractivity contribution in [1.29, 1.82) is 0 Å². The number of amides is 1. The number of nitrogens with one attached hydrogen (secondary N) is 2. The number of likely N-dealkylation sites (tertiary alicyclic amines) is 1. The molecule has 1 fully saturated rings. The van der Waals surface area contributed by atoms with Crippen LogP contribution in [-0.2, 0) is 23.5 Å². The van der Waals surface area contributed by atoms with Crippen LogP contribution < -0.4 is 10.6 Å². The van der Waals surface area contributed by atoms with Crippen molar-refractivity contribution in [3.05, 3.63) is 60.2 Å². The number of aliphatic hydroxyl groups is 1. The van der Waals surface area contributed by atoms with E-state index in [0.29, 0.717) is 18.2 Å². The fraction of sp³-hybridized carbons (Fsp3) is 0.292. The molecule has 3 aromatic heterocycles. The molecule has 4 aromatic rings. The van der Waals surface area contributed by atoms with Gasteiger partial charge in [-0.15, -0.1) is 0 Å². The zero-order valence-electron chi connectivity index (χ0n) is 19.1. The van der Waals surface area contributed by atoms with E-state index in [4.69, 9.17) is 4.52 Å². The first-order chi connectivity index (χ1) is 17.0. The Kier molecular flexibility index (Phi) is 5.08. The second kappa shape index (κ2) is 8.29. The van der Waals surface area contributed by atoms with E-state index in [9.17, 15) is 9.90 Å². The molecule has 2 aliphatic heterocycles. The number of nitrogens with zero attached hydrogens (tertiary/aromatic N) is 6. The molecule has 0 bridgehead atoms. The highest BCUT2D eigenvalue weighted by Crippen LogP contribution is 2.35. The normalized spacial score (nSPS) is 19.7. The maximum atomic E-state index is 12.4. The predicted octanol–water partition coefficient (Wildman–Crippen LogP) is 1.89. The Morgan fingerprint density at radius 1 is 1.17 bits per heavy atom. The number of carbonyl (C=O) groups is 1. The molecule has 0 aliphatic carbocycles. The molecule has 0 radical (unpaired) electrons. The molecule has 2 aliphatic rings. The Labute approximate surface area is 200 Å². The van der Waals surface area contributed by atoms with E-state index >= 15 is 0 Å². The number of hydrogen-bond acceptors (Lipinski definition) is 9. The van der Waals surface area contributed by atoms with Crippen LogP contribution in [0.4, 0.5) is 11.6 Å². The SMILES string of the molecule is CN1CCC(O)(c2cc(-c3cccc(-c4ccnc(Nc5cnn6c5CNCC6)n4)c3)no2)C1=O. The standard InChI is InChI=1S/C24H24N8O3/c1-31-9-6-24(34,22(31)33)21-12-18(30-35-21)16-4-2-3-15(11-16)17-5-7-26-23(28-17)29-19-13-27-32-10-8-25-14-20(19)32/h2-5,7,11-13,25,34H,6,8-10,14H2,1H3,(H,26,28,29). The van der Waals surface area contributed by atoms with Gasteiger partial charge < -0.3 is 25.2 Å². The molecule has 0 spiro atoms. The maximum absolute atomic E-state index is 12.4. The lowest BCUT2D eigenvalue weighted by atomic mass is 9.98. The minimum atomic E-state index is -1.67. The van der Waals surface area contributed by atoms with E-state index in [1.54, 1.807) is 25.5 Å². The number of aromatic nitrogens is 5. The largest absolute Gasteiger partial charge is 0.373 e. The van der Waals surface area contributed by atoms with E-state index in [-0.39, 0.29) is 18.1 Å². The summed E-state index contributed by atoms with van der Waals surface area (Å²) in [4.78, 5) is 22.9.